The zero-order valence-corrected chi connectivity index (χ0v) is 13.8. The Kier molecular flexibility index (Phi) is 6.60. The van der Waals surface area contributed by atoms with Gasteiger partial charge in [-0.1, -0.05) is 6.07 Å². The van der Waals surface area contributed by atoms with Crippen LogP contribution in [0, 0.1) is 5.92 Å². The Labute approximate surface area is 141 Å². The van der Waals surface area contributed by atoms with Gasteiger partial charge in [-0.25, -0.2) is 0 Å². The summed E-state index contributed by atoms with van der Waals surface area (Å²) in [5.41, 5.74) is 0.608. The van der Waals surface area contributed by atoms with E-state index in [9.17, 15) is 14.4 Å². The minimum Gasteiger partial charge on any atom is -0.484 e. The van der Waals surface area contributed by atoms with Gasteiger partial charge >= 0.3 is 0 Å². The van der Waals surface area contributed by atoms with Gasteiger partial charge < -0.3 is 20.7 Å². The fourth-order valence-corrected chi connectivity index (χ4v) is 2.06. The van der Waals surface area contributed by atoms with Gasteiger partial charge in [-0.05, 0) is 31.4 Å². The van der Waals surface area contributed by atoms with Crippen molar-refractivity contribution in [1.82, 2.24) is 10.6 Å². The van der Waals surface area contributed by atoms with Crippen molar-refractivity contribution in [2.24, 2.45) is 5.92 Å². The summed E-state index contributed by atoms with van der Waals surface area (Å²) >= 11 is 0. The first-order chi connectivity index (χ1) is 11.6. The molecule has 1 fully saturated rings. The third-order valence-electron chi connectivity index (χ3n) is 3.59. The molecular formula is C17H23N3O4. The van der Waals surface area contributed by atoms with Crippen molar-refractivity contribution in [1.29, 1.82) is 0 Å². The van der Waals surface area contributed by atoms with Crippen LogP contribution in [0.1, 0.15) is 25.7 Å². The Balaban J connectivity index is 1.68. The quantitative estimate of drug-likeness (QED) is 0.589. The summed E-state index contributed by atoms with van der Waals surface area (Å²) in [4.78, 5) is 34.5. The summed E-state index contributed by atoms with van der Waals surface area (Å²) in [6.07, 6.45) is 2.88. The Morgan fingerprint density at radius 3 is 2.71 bits per heavy atom. The molecule has 3 N–H and O–H groups in total. The number of carbonyl (C=O) groups excluding carboxylic acids is 3. The maximum atomic E-state index is 11.9. The van der Waals surface area contributed by atoms with Crippen LogP contribution in [0.5, 0.6) is 5.75 Å². The molecule has 0 unspecified atom stereocenters. The van der Waals surface area contributed by atoms with Crippen LogP contribution in [-0.2, 0) is 14.4 Å². The number of nitrogens with one attached hydrogen (secondary N) is 3. The summed E-state index contributed by atoms with van der Waals surface area (Å²) in [5.74, 6) is 0.442. The molecule has 0 atom stereocenters. The molecule has 130 valence electrons. The normalized spacial score (nSPS) is 13.0. The van der Waals surface area contributed by atoms with Crippen molar-refractivity contribution in [2.75, 3.05) is 25.5 Å². The number of benzene rings is 1. The van der Waals surface area contributed by atoms with E-state index in [0.717, 1.165) is 12.8 Å². The Bertz CT molecular complexity index is 599. The molecule has 0 spiro atoms. The van der Waals surface area contributed by atoms with Crippen molar-refractivity contribution in [3.05, 3.63) is 24.3 Å². The SMILES string of the molecule is CNC(=O)COc1cccc(NC(=O)CCCNC(=O)C2CC2)c1. The van der Waals surface area contributed by atoms with Crippen LogP contribution >= 0.6 is 0 Å². The smallest absolute Gasteiger partial charge is 0.257 e. The zero-order valence-electron chi connectivity index (χ0n) is 13.8. The van der Waals surface area contributed by atoms with E-state index in [1.807, 2.05) is 0 Å². The van der Waals surface area contributed by atoms with Crippen molar-refractivity contribution >= 4 is 23.4 Å². The number of amides is 3. The molecular weight excluding hydrogens is 310 g/mol. The summed E-state index contributed by atoms with van der Waals surface area (Å²) in [6, 6.07) is 6.87. The van der Waals surface area contributed by atoms with E-state index >= 15 is 0 Å². The molecule has 3 amide bonds. The van der Waals surface area contributed by atoms with Gasteiger partial charge in [0.25, 0.3) is 5.91 Å². The average molecular weight is 333 g/mol. The van der Waals surface area contributed by atoms with E-state index in [-0.39, 0.29) is 30.2 Å². The Hall–Kier alpha value is -2.57. The lowest BCUT2D eigenvalue weighted by Gasteiger charge is -2.09. The topological polar surface area (TPSA) is 96.5 Å². The molecule has 24 heavy (non-hydrogen) atoms. The maximum Gasteiger partial charge on any atom is 0.257 e. The van der Waals surface area contributed by atoms with E-state index in [4.69, 9.17) is 4.74 Å². The minimum absolute atomic E-state index is 0.0748. The van der Waals surface area contributed by atoms with Gasteiger partial charge in [0.15, 0.2) is 6.61 Å². The van der Waals surface area contributed by atoms with E-state index in [1.165, 1.54) is 7.05 Å². The molecule has 1 aromatic rings. The van der Waals surface area contributed by atoms with Crippen LogP contribution in [0.15, 0.2) is 24.3 Å². The highest BCUT2D eigenvalue weighted by Gasteiger charge is 2.28. The summed E-state index contributed by atoms with van der Waals surface area (Å²) in [6.45, 7) is 0.437. The highest BCUT2D eigenvalue weighted by atomic mass is 16.5. The van der Waals surface area contributed by atoms with Gasteiger partial charge in [0.2, 0.25) is 11.8 Å². The lowest BCUT2D eigenvalue weighted by molar-refractivity contribution is -0.123. The van der Waals surface area contributed by atoms with Crippen LogP contribution in [0.4, 0.5) is 5.69 Å². The molecule has 1 aromatic carbocycles. The molecule has 1 saturated carbocycles. The van der Waals surface area contributed by atoms with E-state index in [0.29, 0.717) is 30.8 Å². The third kappa shape index (κ3) is 6.28. The summed E-state index contributed by atoms with van der Waals surface area (Å²) < 4.78 is 5.32. The first-order valence-electron chi connectivity index (χ1n) is 8.09. The molecule has 7 heteroatoms. The lowest BCUT2D eigenvalue weighted by atomic mass is 10.2. The van der Waals surface area contributed by atoms with Crippen molar-refractivity contribution in [2.45, 2.75) is 25.7 Å². The number of likely N-dealkylation sites (N-methyl/N-ethyl adjacent to an activating group) is 1. The second kappa shape index (κ2) is 8.90. The standard InChI is InChI=1S/C17H23N3O4/c1-18-16(22)11-24-14-5-2-4-13(10-14)20-15(21)6-3-9-19-17(23)12-7-8-12/h2,4-5,10,12H,3,6-9,11H2,1H3,(H,18,22)(H,19,23)(H,20,21). The van der Waals surface area contributed by atoms with Crippen LogP contribution in [0.2, 0.25) is 0 Å². The van der Waals surface area contributed by atoms with Gasteiger partial charge in [0.1, 0.15) is 5.75 Å². The minimum atomic E-state index is -0.224. The molecule has 0 radical (unpaired) electrons. The molecule has 0 aliphatic heterocycles. The van der Waals surface area contributed by atoms with Crippen LogP contribution in [0.25, 0.3) is 0 Å². The second-order valence-electron chi connectivity index (χ2n) is 5.71. The third-order valence-corrected chi connectivity index (χ3v) is 3.59. The van der Waals surface area contributed by atoms with Crippen LogP contribution in [-0.4, -0.2) is 37.9 Å². The number of anilines is 1. The number of rotatable bonds is 9. The van der Waals surface area contributed by atoms with E-state index < -0.39 is 0 Å². The maximum absolute atomic E-state index is 11.9. The average Bonchev–Trinajstić information content (AvgIpc) is 3.41. The lowest BCUT2D eigenvalue weighted by Crippen LogP contribution is -2.26. The highest BCUT2D eigenvalue weighted by molar-refractivity contribution is 5.91. The Morgan fingerprint density at radius 2 is 2.00 bits per heavy atom. The molecule has 7 nitrogen and oxygen atoms in total. The summed E-state index contributed by atoms with van der Waals surface area (Å²) in [5, 5.41) is 8.07. The van der Waals surface area contributed by atoms with Crippen molar-refractivity contribution in [3.8, 4) is 5.75 Å². The van der Waals surface area contributed by atoms with Crippen molar-refractivity contribution < 1.29 is 19.1 Å². The fraction of sp³-hybridized carbons (Fsp3) is 0.471. The molecule has 1 aliphatic rings. The fourth-order valence-electron chi connectivity index (χ4n) is 2.06. The van der Waals surface area contributed by atoms with Gasteiger partial charge in [0, 0.05) is 37.7 Å². The number of ether oxygens (including phenoxy) is 1. The first kappa shape index (κ1) is 17.8. The van der Waals surface area contributed by atoms with Gasteiger partial charge in [-0.3, -0.25) is 14.4 Å². The van der Waals surface area contributed by atoms with Gasteiger partial charge in [-0.2, -0.15) is 0 Å². The number of hydrogen-bond acceptors (Lipinski definition) is 4. The monoisotopic (exact) mass is 333 g/mol. The van der Waals surface area contributed by atoms with Gasteiger partial charge in [0.05, 0.1) is 0 Å². The number of carbonyl (C=O) groups is 3. The first-order valence-corrected chi connectivity index (χ1v) is 8.09. The molecule has 2 rings (SSSR count). The molecule has 0 heterocycles. The molecule has 0 saturated heterocycles. The summed E-state index contributed by atoms with van der Waals surface area (Å²) in [7, 11) is 1.54. The molecule has 0 aromatic heterocycles. The van der Waals surface area contributed by atoms with Crippen LogP contribution in [0.3, 0.4) is 0 Å². The van der Waals surface area contributed by atoms with E-state index in [2.05, 4.69) is 16.0 Å². The zero-order chi connectivity index (χ0) is 17.4. The Morgan fingerprint density at radius 1 is 1.21 bits per heavy atom. The second-order valence-corrected chi connectivity index (χ2v) is 5.71. The van der Waals surface area contributed by atoms with Crippen molar-refractivity contribution in [3.63, 3.8) is 0 Å². The highest BCUT2D eigenvalue weighted by Crippen LogP contribution is 2.28. The molecule has 0 bridgehead atoms. The van der Waals surface area contributed by atoms with E-state index in [1.54, 1.807) is 24.3 Å². The predicted molar refractivity (Wildman–Crippen MR) is 89.6 cm³/mol. The number of hydrogen-bond donors (Lipinski definition) is 3. The van der Waals surface area contributed by atoms with Gasteiger partial charge in [-0.15, -0.1) is 0 Å². The largest absolute Gasteiger partial charge is 0.484 e. The predicted octanol–water partition coefficient (Wildman–Crippen LogP) is 1.06. The molecule has 1 aliphatic carbocycles. The van der Waals surface area contributed by atoms with Crippen LogP contribution < -0.4 is 20.7 Å².